The first-order valence-electron chi connectivity index (χ1n) is 5.61. The molecule has 0 saturated carbocycles. The Kier molecular flexibility index (Phi) is 4.75. The van der Waals surface area contributed by atoms with Crippen molar-refractivity contribution in [3.05, 3.63) is 58.3 Å². The fourth-order valence-electron chi connectivity index (χ4n) is 1.43. The predicted octanol–water partition coefficient (Wildman–Crippen LogP) is 3.48. The van der Waals surface area contributed by atoms with Gasteiger partial charge in [0.2, 0.25) is 5.12 Å². The molecule has 0 amide bonds. The average Bonchev–Trinajstić information content (AvgIpc) is 2.77. The number of benzene rings is 1. The van der Waals surface area contributed by atoms with E-state index in [1.807, 2.05) is 0 Å². The first-order valence-corrected chi connectivity index (χ1v) is 7.41. The smallest absolute Gasteiger partial charge is 0.269 e. The van der Waals surface area contributed by atoms with Crippen LogP contribution >= 0.6 is 23.5 Å². The zero-order valence-corrected chi connectivity index (χ0v) is 11.9. The lowest BCUT2D eigenvalue weighted by molar-refractivity contribution is -0.384. The summed E-state index contributed by atoms with van der Waals surface area (Å²) in [5.74, 6) is 0.698. The summed E-state index contributed by atoms with van der Waals surface area (Å²) in [6.45, 7) is 3.61. The molecular weight excluding hydrogens is 296 g/mol. The Morgan fingerprint density at radius 1 is 1.40 bits per heavy atom. The Balaban J connectivity index is 2.17. The molecule has 5 nitrogen and oxygen atoms in total. The van der Waals surface area contributed by atoms with Gasteiger partial charge in [-0.05, 0) is 35.5 Å². The van der Waals surface area contributed by atoms with Crippen LogP contribution in [0, 0.1) is 10.1 Å². The van der Waals surface area contributed by atoms with Crippen LogP contribution in [0.3, 0.4) is 0 Å². The molecule has 0 saturated heterocycles. The molecule has 0 unspecified atom stereocenters. The number of nitro benzene ring substituents is 1. The van der Waals surface area contributed by atoms with E-state index in [0.717, 1.165) is 11.8 Å². The second-order valence-electron chi connectivity index (χ2n) is 3.75. The van der Waals surface area contributed by atoms with E-state index in [1.165, 1.54) is 23.9 Å². The number of hydrogen-bond donors (Lipinski definition) is 0. The summed E-state index contributed by atoms with van der Waals surface area (Å²) >= 11 is 2.54. The highest BCUT2D eigenvalue weighted by Crippen LogP contribution is 2.31. The highest BCUT2D eigenvalue weighted by Gasteiger charge is 2.22. The quantitative estimate of drug-likeness (QED) is 0.368. The maximum Gasteiger partial charge on any atom is 0.269 e. The molecule has 7 heteroatoms. The Bertz CT molecular complexity index is 621. The predicted molar refractivity (Wildman–Crippen MR) is 83.8 cm³/mol. The van der Waals surface area contributed by atoms with E-state index in [0.29, 0.717) is 21.4 Å². The van der Waals surface area contributed by atoms with Crippen LogP contribution in [-0.4, -0.2) is 20.2 Å². The van der Waals surface area contributed by atoms with Crippen molar-refractivity contribution in [2.45, 2.75) is 0 Å². The SMILES string of the molecule is C=CCSC1=NC(=Cc2ccc([N+](=O)[O-])cc2)C(=O)S1. The highest BCUT2D eigenvalue weighted by molar-refractivity contribution is 8.45. The maximum absolute atomic E-state index is 11.8. The molecule has 0 aliphatic carbocycles. The zero-order chi connectivity index (χ0) is 14.5. The van der Waals surface area contributed by atoms with Gasteiger partial charge in [0.25, 0.3) is 5.69 Å². The number of nitrogens with zero attached hydrogens (tertiary/aromatic N) is 2. The van der Waals surface area contributed by atoms with Gasteiger partial charge in [-0.2, -0.15) is 0 Å². The van der Waals surface area contributed by atoms with Gasteiger partial charge in [-0.15, -0.1) is 6.58 Å². The normalized spacial score (nSPS) is 16.3. The minimum Gasteiger partial charge on any atom is -0.279 e. The minimum atomic E-state index is -0.463. The average molecular weight is 306 g/mol. The van der Waals surface area contributed by atoms with Crippen molar-refractivity contribution < 1.29 is 9.72 Å². The van der Waals surface area contributed by atoms with Crippen molar-refractivity contribution in [2.75, 3.05) is 5.75 Å². The summed E-state index contributed by atoms with van der Waals surface area (Å²) in [5.41, 5.74) is 1.08. The van der Waals surface area contributed by atoms with E-state index >= 15 is 0 Å². The molecule has 0 spiro atoms. The molecular formula is C13H10N2O3S2. The van der Waals surface area contributed by atoms with Gasteiger partial charge in [0.15, 0.2) is 0 Å². The summed E-state index contributed by atoms with van der Waals surface area (Å²) in [6, 6.07) is 5.98. The number of non-ortho nitro benzene ring substituents is 1. The Morgan fingerprint density at radius 2 is 2.10 bits per heavy atom. The lowest BCUT2D eigenvalue weighted by Crippen LogP contribution is -1.89. The number of thioether (sulfide) groups is 2. The molecule has 20 heavy (non-hydrogen) atoms. The van der Waals surface area contributed by atoms with E-state index in [4.69, 9.17) is 0 Å². The summed E-state index contributed by atoms with van der Waals surface area (Å²) in [4.78, 5) is 26.1. The van der Waals surface area contributed by atoms with Gasteiger partial charge in [0.05, 0.1) is 4.92 Å². The van der Waals surface area contributed by atoms with Gasteiger partial charge in [-0.1, -0.05) is 17.8 Å². The van der Waals surface area contributed by atoms with E-state index in [2.05, 4.69) is 11.6 Å². The number of rotatable bonds is 4. The van der Waals surface area contributed by atoms with Crippen LogP contribution in [-0.2, 0) is 4.79 Å². The lowest BCUT2D eigenvalue weighted by Gasteiger charge is -1.94. The van der Waals surface area contributed by atoms with Gasteiger partial charge >= 0.3 is 0 Å². The molecule has 2 rings (SSSR count). The Hall–Kier alpha value is -1.86. The zero-order valence-electron chi connectivity index (χ0n) is 10.3. The van der Waals surface area contributed by atoms with Gasteiger partial charge in [-0.3, -0.25) is 14.9 Å². The van der Waals surface area contributed by atoms with Gasteiger partial charge in [-0.25, -0.2) is 4.99 Å². The topological polar surface area (TPSA) is 72.6 Å². The molecule has 1 aromatic carbocycles. The minimum absolute atomic E-state index is 0.0185. The van der Waals surface area contributed by atoms with Crippen LogP contribution in [0.2, 0.25) is 0 Å². The molecule has 0 bridgehead atoms. The highest BCUT2D eigenvalue weighted by atomic mass is 32.2. The van der Waals surface area contributed by atoms with Crippen LogP contribution in [0.25, 0.3) is 6.08 Å². The van der Waals surface area contributed by atoms with Gasteiger partial charge in [0, 0.05) is 17.9 Å². The number of aliphatic imine (C=N–C) groups is 1. The molecule has 1 aliphatic heterocycles. The van der Waals surface area contributed by atoms with E-state index < -0.39 is 4.92 Å². The third-order valence-electron chi connectivity index (χ3n) is 2.33. The van der Waals surface area contributed by atoms with E-state index in [-0.39, 0.29) is 10.8 Å². The van der Waals surface area contributed by atoms with E-state index in [1.54, 1.807) is 24.3 Å². The Morgan fingerprint density at radius 3 is 2.70 bits per heavy atom. The summed E-state index contributed by atoms with van der Waals surface area (Å²) in [5, 5.41) is 10.4. The molecule has 0 radical (unpaired) electrons. The lowest BCUT2D eigenvalue weighted by atomic mass is 10.2. The maximum atomic E-state index is 11.8. The largest absolute Gasteiger partial charge is 0.279 e. The number of nitro groups is 1. The first kappa shape index (κ1) is 14.5. The second kappa shape index (κ2) is 6.53. The number of hydrogen-bond acceptors (Lipinski definition) is 6. The molecule has 1 heterocycles. The van der Waals surface area contributed by atoms with Crippen molar-refractivity contribution in [2.24, 2.45) is 4.99 Å². The van der Waals surface area contributed by atoms with Gasteiger partial charge < -0.3 is 0 Å². The van der Waals surface area contributed by atoms with Crippen molar-refractivity contribution in [3.63, 3.8) is 0 Å². The molecule has 102 valence electrons. The van der Waals surface area contributed by atoms with Crippen LogP contribution < -0.4 is 0 Å². The van der Waals surface area contributed by atoms with Crippen LogP contribution in [0.5, 0.6) is 0 Å². The molecule has 1 aromatic rings. The summed E-state index contributed by atoms with van der Waals surface area (Å²) in [7, 11) is 0. The molecule has 0 atom stereocenters. The number of carbonyl (C=O) groups is 1. The molecule has 0 N–H and O–H groups in total. The van der Waals surface area contributed by atoms with E-state index in [9.17, 15) is 14.9 Å². The fraction of sp³-hybridized carbons (Fsp3) is 0.0769. The van der Waals surface area contributed by atoms with Crippen LogP contribution in [0.4, 0.5) is 5.69 Å². The second-order valence-corrected chi connectivity index (χ2v) is 5.97. The first-order chi connectivity index (χ1) is 9.60. The van der Waals surface area contributed by atoms with Crippen molar-refractivity contribution >= 4 is 44.8 Å². The van der Waals surface area contributed by atoms with Crippen molar-refractivity contribution in [1.82, 2.24) is 0 Å². The molecule has 1 aliphatic rings. The summed E-state index contributed by atoms with van der Waals surface area (Å²) < 4.78 is 0.697. The molecule has 0 fully saturated rings. The van der Waals surface area contributed by atoms with Crippen molar-refractivity contribution in [1.29, 1.82) is 0 Å². The third kappa shape index (κ3) is 3.58. The Labute approximate surface area is 124 Å². The monoisotopic (exact) mass is 306 g/mol. The fourth-order valence-corrected chi connectivity index (χ4v) is 3.03. The number of carbonyl (C=O) groups excluding carboxylic acids is 1. The van der Waals surface area contributed by atoms with Gasteiger partial charge in [0.1, 0.15) is 10.1 Å². The van der Waals surface area contributed by atoms with Crippen LogP contribution in [0.1, 0.15) is 5.56 Å². The third-order valence-corrected chi connectivity index (χ3v) is 4.34. The molecule has 0 aromatic heterocycles. The van der Waals surface area contributed by atoms with Crippen molar-refractivity contribution in [3.8, 4) is 0 Å². The van der Waals surface area contributed by atoms with Crippen LogP contribution in [0.15, 0.2) is 47.6 Å². The standard InChI is InChI=1S/C13H10N2O3S2/c1-2-7-19-13-14-11(12(16)20-13)8-9-3-5-10(6-4-9)15(17)18/h2-6,8H,1,7H2. The summed E-state index contributed by atoms with van der Waals surface area (Å²) in [6.07, 6.45) is 3.37.